The van der Waals surface area contributed by atoms with E-state index in [-0.39, 0.29) is 23.7 Å². The van der Waals surface area contributed by atoms with Gasteiger partial charge in [0.1, 0.15) is 17.3 Å². The number of rotatable bonds is 5. The molecular weight excluding hydrogens is 537 g/mol. The third kappa shape index (κ3) is 4.23. The number of methoxy groups -OCH3 is 2. The van der Waals surface area contributed by atoms with E-state index in [4.69, 9.17) is 9.47 Å². The Labute approximate surface area is 245 Å². The molecule has 1 atom stereocenters. The molecular formula is C32H36FN5O4. The molecule has 0 unspecified atom stereocenters. The highest BCUT2D eigenvalue weighted by Crippen LogP contribution is 2.49. The normalized spacial score (nSPS) is 19.4. The van der Waals surface area contributed by atoms with Gasteiger partial charge in [0.05, 0.1) is 49.4 Å². The first-order valence-electron chi connectivity index (χ1n) is 14.4. The predicted octanol–water partition coefficient (Wildman–Crippen LogP) is 5.27. The van der Waals surface area contributed by atoms with Gasteiger partial charge in [-0.2, -0.15) is 5.10 Å². The summed E-state index contributed by atoms with van der Waals surface area (Å²) < 4.78 is 26.4. The Kier molecular flexibility index (Phi) is 6.95. The van der Waals surface area contributed by atoms with Crippen LogP contribution in [0, 0.1) is 12.7 Å². The number of hydrogen-bond donors (Lipinski definition) is 0. The number of piperidine rings is 1. The summed E-state index contributed by atoms with van der Waals surface area (Å²) in [6, 6.07) is 9.91. The van der Waals surface area contributed by atoms with Gasteiger partial charge in [0, 0.05) is 42.9 Å². The van der Waals surface area contributed by atoms with Crippen LogP contribution in [-0.4, -0.2) is 75.8 Å². The molecule has 0 bridgehead atoms. The zero-order valence-electron chi connectivity index (χ0n) is 24.7. The Morgan fingerprint density at radius 2 is 1.83 bits per heavy atom. The minimum absolute atomic E-state index is 0.0122. The van der Waals surface area contributed by atoms with E-state index in [1.54, 1.807) is 37.2 Å². The molecule has 0 saturated carbocycles. The van der Waals surface area contributed by atoms with Crippen molar-refractivity contribution in [1.29, 1.82) is 0 Å². The topological polar surface area (TPSA) is 80.1 Å². The van der Waals surface area contributed by atoms with Gasteiger partial charge in [0.15, 0.2) is 0 Å². The highest BCUT2D eigenvalue weighted by Gasteiger charge is 2.55. The number of halogens is 1. The number of urea groups is 1. The van der Waals surface area contributed by atoms with E-state index < -0.39 is 5.54 Å². The van der Waals surface area contributed by atoms with Crippen LogP contribution in [0.1, 0.15) is 59.8 Å². The lowest BCUT2D eigenvalue weighted by molar-refractivity contribution is 0.0575. The molecule has 4 heterocycles. The quantitative estimate of drug-likeness (QED) is 0.416. The van der Waals surface area contributed by atoms with Gasteiger partial charge in [-0.25, -0.2) is 13.9 Å². The molecule has 3 aromatic rings. The average molecular weight is 574 g/mol. The van der Waals surface area contributed by atoms with Crippen molar-refractivity contribution < 1.29 is 23.5 Å². The first-order chi connectivity index (χ1) is 20.2. The third-order valence-corrected chi connectivity index (χ3v) is 9.10. The van der Waals surface area contributed by atoms with Gasteiger partial charge in [-0.15, -0.1) is 0 Å². The first kappa shape index (κ1) is 27.8. The van der Waals surface area contributed by atoms with Gasteiger partial charge in [0.25, 0.3) is 5.91 Å². The van der Waals surface area contributed by atoms with Crippen molar-refractivity contribution >= 4 is 11.9 Å². The molecule has 1 spiro atoms. The van der Waals surface area contributed by atoms with E-state index in [1.165, 1.54) is 12.1 Å². The molecule has 3 amide bonds. The van der Waals surface area contributed by atoms with Crippen LogP contribution in [0.15, 0.2) is 54.4 Å². The van der Waals surface area contributed by atoms with E-state index in [0.717, 1.165) is 22.6 Å². The molecule has 3 aliphatic heterocycles. The molecule has 220 valence electrons. The number of amides is 3. The van der Waals surface area contributed by atoms with E-state index in [2.05, 4.69) is 18.1 Å². The lowest BCUT2D eigenvalue weighted by atomic mass is 9.82. The summed E-state index contributed by atoms with van der Waals surface area (Å²) in [4.78, 5) is 33.3. The van der Waals surface area contributed by atoms with Gasteiger partial charge in [0.2, 0.25) is 0 Å². The molecule has 10 heteroatoms. The number of carbonyl (C=O) groups excluding carboxylic acids is 2. The van der Waals surface area contributed by atoms with Crippen LogP contribution < -0.4 is 9.47 Å². The molecule has 2 aromatic carbocycles. The van der Waals surface area contributed by atoms with Gasteiger partial charge < -0.3 is 19.3 Å². The lowest BCUT2D eigenvalue weighted by Crippen LogP contribution is -2.54. The number of likely N-dealkylation sites (tertiary alicyclic amines) is 1. The number of carbonyl (C=O) groups is 2. The second-order valence-electron chi connectivity index (χ2n) is 11.2. The van der Waals surface area contributed by atoms with Crippen molar-refractivity contribution in [3.8, 4) is 17.2 Å². The smallest absolute Gasteiger partial charge is 0.325 e. The second kappa shape index (κ2) is 10.5. The van der Waals surface area contributed by atoms with Gasteiger partial charge >= 0.3 is 6.03 Å². The van der Waals surface area contributed by atoms with Crippen LogP contribution in [0.4, 0.5) is 9.18 Å². The molecule has 3 aliphatic rings. The van der Waals surface area contributed by atoms with Crippen LogP contribution in [0.5, 0.6) is 11.5 Å². The molecule has 2 fully saturated rings. The number of allylic oxidation sites excluding steroid dienone is 1. The van der Waals surface area contributed by atoms with Crippen molar-refractivity contribution in [2.24, 2.45) is 0 Å². The van der Waals surface area contributed by atoms with E-state index in [1.807, 2.05) is 40.7 Å². The van der Waals surface area contributed by atoms with E-state index >= 15 is 0 Å². The highest BCUT2D eigenvalue weighted by atomic mass is 19.1. The number of fused-ring (bicyclic) bond motifs is 3. The standard InChI is InChI=1S/C32H36FN5O4/c1-6-37-31(40)36-19-22-16-25(41-4)17-27(42-5)29(22)20(2)15-28(36)32(37)11-13-35(14-12-32)30(39)26-18-34-38(21(26)3)24-9-7-23(33)8-10-24/h7-10,15-18,20H,6,11-14,19H2,1-5H3/t20-/m0/s1. The monoisotopic (exact) mass is 573 g/mol. The largest absolute Gasteiger partial charge is 0.497 e. The van der Waals surface area contributed by atoms with Crippen LogP contribution >= 0.6 is 0 Å². The number of benzene rings is 2. The Hall–Kier alpha value is -4.34. The second-order valence-corrected chi connectivity index (χ2v) is 11.2. The number of ether oxygens (including phenoxy) is 2. The minimum atomic E-state index is -0.496. The molecule has 42 heavy (non-hydrogen) atoms. The number of hydrogen-bond acceptors (Lipinski definition) is 5. The minimum Gasteiger partial charge on any atom is -0.497 e. The van der Waals surface area contributed by atoms with E-state index in [9.17, 15) is 14.0 Å². The number of likely N-dealkylation sites (N-methyl/N-ethyl adjacent to an activating group) is 1. The summed E-state index contributed by atoms with van der Waals surface area (Å²) in [5.74, 6) is 1.04. The summed E-state index contributed by atoms with van der Waals surface area (Å²) in [7, 11) is 3.29. The predicted molar refractivity (Wildman–Crippen MR) is 155 cm³/mol. The fourth-order valence-corrected chi connectivity index (χ4v) is 6.98. The molecule has 1 aromatic heterocycles. The van der Waals surface area contributed by atoms with Crippen molar-refractivity contribution in [3.63, 3.8) is 0 Å². The Morgan fingerprint density at radius 3 is 2.48 bits per heavy atom. The third-order valence-electron chi connectivity index (χ3n) is 9.10. The molecule has 6 rings (SSSR count). The van der Waals surface area contributed by atoms with Crippen LogP contribution in [0.2, 0.25) is 0 Å². The summed E-state index contributed by atoms with van der Waals surface area (Å²) in [6.45, 7) is 8.02. The SMILES string of the molecule is CCN1C(=O)N2Cc3cc(OC)cc(OC)c3[C@@H](C)C=C2C12CCN(C(=O)c1cnn(-c3ccc(F)cc3)c1C)CC2. The molecule has 9 nitrogen and oxygen atoms in total. The maximum atomic E-state index is 13.9. The number of nitrogens with zero attached hydrogens (tertiary/aromatic N) is 5. The van der Waals surface area contributed by atoms with Crippen molar-refractivity contribution in [2.75, 3.05) is 33.9 Å². The summed E-state index contributed by atoms with van der Waals surface area (Å²) >= 11 is 0. The highest BCUT2D eigenvalue weighted by molar-refractivity contribution is 5.95. The van der Waals surface area contributed by atoms with Crippen molar-refractivity contribution in [1.82, 2.24) is 24.5 Å². The van der Waals surface area contributed by atoms with Crippen molar-refractivity contribution in [2.45, 2.75) is 51.6 Å². The average Bonchev–Trinajstić information content (AvgIpc) is 3.41. The molecule has 0 aliphatic carbocycles. The summed E-state index contributed by atoms with van der Waals surface area (Å²) in [6.07, 6.45) is 5.06. The van der Waals surface area contributed by atoms with Crippen molar-refractivity contribution in [3.05, 3.63) is 82.6 Å². The fraction of sp³-hybridized carbons (Fsp3) is 0.406. The summed E-state index contributed by atoms with van der Waals surface area (Å²) in [5.41, 5.74) is 4.49. The maximum absolute atomic E-state index is 13.9. The van der Waals surface area contributed by atoms with Gasteiger partial charge in [-0.1, -0.05) is 13.0 Å². The zero-order chi connectivity index (χ0) is 29.8. The van der Waals surface area contributed by atoms with Crippen LogP contribution in [0.25, 0.3) is 5.69 Å². The number of aromatic nitrogens is 2. The Morgan fingerprint density at radius 1 is 1.12 bits per heavy atom. The maximum Gasteiger partial charge on any atom is 0.325 e. The van der Waals surface area contributed by atoms with Crippen LogP contribution in [0.3, 0.4) is 0 Å². The van der Waals surface area contributed by atoms with Crippen LogP contribution in [-0.2, 0) is 6.54 Å². The Balaban J connectivity index is 1.28. The van der Waals surface area contributed by atoms with Gasteiger partial charge in [-0.3, -0.25) is 9.69 Å². The van der Waals surface area contributed by atoms with E-state index in [0.29, 0.717) is 61.7 Å². The lowest BCUT2D eigenvalue weighted by Gasteiger charge is -2.44. The summed E-state index contributed by atoms with van der Waals surface area (Å²) in [5, 5.41) is 4.42. The molecule has 0 radical (unpaired) electrons. The molecule has 0 N–H and O–H groups in total. The fourth-order valence-electron chi connectivity index (χ4n) is 6.98. The Bertz CT molecular complexity index is 1570. The molecule has 2 saturated heterocycles. The zero-order valence-corrected chi connectivity index (χ0v) is 24.7. The first-order valence-corrected chi connectivity index (χ1v) is 14.4. The van der Waals surface area contributed by atoms with Gasteiger partial charge in [-0.05, 0) is 62.6 Å².